The average molecular weight is 1260 g/mol. The predicted molar refractivity (Wildman–Crippen MR) is 387 cm³/mol. The molecular weight excluding hydrogens is 1140 g/mol. The summed E-state index contributed by atoms with van der Waals surface area (Å²) in [6, 6.07) is 14.5. The van der Waals surface area contributed by atoms with Gasteiger partial charge in [-0.2, -0.15) is 0 Å². The normalized spacial score (nSPS) is 15.7. The van der Waals surface area contributed by atoms with Crippen molar-refractivity contribution in [2.24, 2.45) is 11.8 Å². The van der Waals surface area contributed by atoms with E-state index >= 15 is 9.59 Å². The smallest absolute Gasteiger partial charge is 0.261 e. The second kappa shape index (κ2) is 35.9. The lowest BCUT2D eigenvalue weighted by Gasteiger charge is -2.32. The van der Waals surface area contributed by atoms with Gasteiger partial charge in [-0.25, -0.2) is 0 Å². The lowest BCUT2D eigenvalue weighted by atomic mass is 9.71. The fraction of sp³-hybridized carbons (Fsp3) is 0.722. The van der Waals surface area contributed by atoms with Crippen LogP contribution in [0.2, 0.25) is 0 Å². The molecule has 0 spiro atoms. The molecule has 2 unspecified atom stereocenters. The van der Waals surface area contributed by atoms with Crippen LogP contribution in [0.4, 0.5) is 0 Å². The van der Waals surface area contributed by atoms with Gasteiger partial charge in [0.05, 0.1) is 32.3 Å². The number of rotatable bonds is 45. The molecule has 0 fully saturated rings. The molecule has 0 radical (unpaired) electrons. The molecule has 2 atom stereocenters. The maximum Gasteiger partial charge on any atom is 0.261 e. The van der Waals surface area contributed by atoms with Crippen molar-refractivity contribution in [1.82, 2.24) is 9.80 Å². The van der Waals surface area contributed by atoms with Crippen molar-refractivity contribution in [3.8, 4) is 19.5 Å². The van der Waals surface area contributed by atoms with Crippen LogP contribution in [-0.2, 0) is 25.8 Å². The zero-order chi connectivity index (χ0) is 62.4. The van der Waals surface area contributed by atoms with Gasteiger partial charge < -0.3 is 9.80 Å². The van der Waals surface area contributed by atoms with E-state index in [2.05, 4.69) is 141 Å². The number of hydrogen-bond donors (Lipinski definition) is 0. The summed E-state index contributed by atoms with van der Waals surface area (Å²) in [5.41, 5.74) is 6.48. The van der Waals surface area contributed by atoms with Crippen LogP contribution in [0.15, 0.2) is 47.5 Å². The molecule has 87 heavy (non-hydrogen) atoms. The molecule has 0 bridgehead atoms. The van der Waals surface area contributed by atoms with Crippen LogP contribution in [0, 0.1) is 11.8 Å². The molecule has 4 nitrogen and oxygen atoms in total. The first-order valence-corrected chi connectivity index (χ1v) is 40.0. The Morgan fingerprint density at radius 2 is 0.713 bits per heavy atom. The van der Waals surface area contributed by atoms with Crippen LogP contribution in [-0.4, -0.2) is 34.7 Å². The van der Waals surface area contributed by atoms with Crippen molar-refractivity contribution in [2.45, 2.75) is 343 Å². The maximum atomic E-state index is 16.2. The monoisotopic (exact) mass is 1260 g/mol. The summed E-state index contributed by atoms with van der Waals surface area (Å²) in [6.07, 6.45) is 47.9. The first-order chi connectivity index (χ1) is 42.1. The van der Waals surface area contributed by atoms with E-state index in [4.69, 9.17) is 0 Å². The van der Waals surface area contributed by atoms with Gasteiger partial charge in [-0.1, -0.05) is 289 Å². The van der Waals surface area contributed by atoms with Crippen LogP contribution in [0.3, 0.4) is 0 Å². The standard InChI is InChI=1S/C79H124N2O2S4/c1-13-19-25-31-35-41-47-59(45-39-29-23-17-5)57-80-71(69-70(76(80)83)72(65-51-52-67(85-65)77(7,8)9)81(75(69)82)58-60(46-40-30-24-18-6)48-42-36-32-26-20-14-2)64-50-49-63(84-64)66-55-61-73(86-66)74-62(56-68(87-74)78(10,11)12)79(61,53-43-37-33-27-21-15-3)54-44-38-34-28-22-16-4/h49-52,55-56,59-60H,13-48,53-54,57-58H2,1-12H3. The van der Waals surface area contributed by atoms with E-state index in [0.29, 0.717) is 36.1 Å². The Labute approximate surface area is 550 Å². The number of amides is 2. The van der Waals surface area contributed by atoms with Gasteiger partial charge in [-0.05, 0) is 109 Å². The van der Waals surface area contributed by atoms with Gasteiger partial charge in [0.15, 0.2) is 0 Å². The molecule has 0 N–H and O–H groups in total. The van der Waals surface area contributed by atoms with E-state index < -0.39 is 0 Å². The Kier molecular flexibility index (Phi) is 29.6. The fourth-order valence-corrected chi connectivity index (χ4v) is 19.6. The zero-order valence-corrected chi connectivity index (χ0v) is 61.0. The predicted octanol–water partition coefficient (Wildman–Crippen LogP) is 26.4. The van der Waals surface area contributed by atoms with Crippen LogP contribution in [0.5, 0.6) is 0 Å². The summed E-state index contributed by atoms with van der Waals surface area (Å²) >= 11 is 7.77. The lowest BCUT2D eigenvalue weighted by Crippen LogP contribution is -2.34. The lowest BCUT2D eigenvalue weighted by molar-refractivity contribution is -0.124. The van der Waals surface area contributed by atoms with Crippen molar-refractivity contribution in [3.05, 3.63) is 78.2 Å². The van der Waals surface area contributed by atoms with Crippen molar-refractivity contribution in [1.29, 1.82) is 0 Å². The summed E-state index contributed by atoms with van der Waals surface area (Å²) in [6.45, 7) is 29.4. The first kappa shape index (κ1) is 71.7. The van der Waals surface area contributed by atoms with E-state index in [1.807, 2.05) is 34.0 Å². The summed E-state index contributed by atoms with van der Waals surface area (Å²) in [7, 11) is 0. The van der Waals surface area contributed by atoms with Crippen LogP contribution < -0.4 is 0 Å². The summed E-state index contributed by atoms with van der Waals surface area (Å²) in [5, 5.41) is 0. The molecule has 4 aromatic heterocycles. The SMILES string of the molecule is CCCCCCCCC(CCCCCC)CN1C(=O)C2=C(c3ccc(C(C)(C)C)s3)N(CC(CCCCCC)CCCCCCCC)C(=O)C2=C1c1ccc(-c2cc3c(s2)-c2sc(C(C)(C)C)cc2C3(CCCCCCCC)CCCCCCCC)s1. The number of nitrogens with zero attached hydrogens (tertiary/aromatic N) is 2. The molecule has 8 heteroatoms. The minimum atomic E-state index is -0.0459. The van der Waals surface area contributed by atoms with E-state index in [9.17, 15) is 0 Å². The van der Waals surface area contributed by atoms with Crippen molar-refractivity contribution in [3.63, 3.8) is 0 Å². The summed E-state index contributed by atoms with van der Waals surface area (Å²) < 4.78 is 0. The van der Waals surface area contributed by atoms with Crippen molar-refractivity contribution >= 4 is 68.6 Å². The van der Waals surface area contributed by atoms with Gasteiger partial charge in [0.2, 0.25) is 0 Å². The number of thiophene rings is 4. The number of unbranched alkanes of at least 4 members (excludes halogenated alkanes) is 26. The molecule has 2 amide bonds. The van der Waals surface area contributed by atoms with Crippen molar-refractivity contribution < 1.29 is 9.59 Å². The minimum Gasteiger partial charge on any atom is -0.306 e. The Balaban J connectivity index is 1.36. The van der Waals surface area contributed by atoms with Gasteiger partial charge >= 0.3 is 0 Å². The van der Waals surface area contributed by atoms with Gasteiger partial charge in [-0.3, -0.25) is 9.59 Å². The molecule has 6 heterocycles. The third kappa shape index (κ3) is 19.2. The van der Waals surface area contributed by atoms with E-state index in [1.165, 1.54) is 248 Å². The molecule has 3 aliphatic rings. The van der Waals surface area contributed by atoms with Gasteiger partial charge in [0, 0.05) is 47.8 Å². The fourth-order valence-electron chi connectivity index (χ4n) is 14.6. The molecule has 0 saturated heterocycles. The molecule has 486 valence electrons. The third-order valence-electron chi connectivity index (χ3n) is 19.9. The second-order valence-corrected chi connectivity index (χ2v) is 33.7. The zero-order valence-electron chi connectivity index (χ0n) is 57.7. The van der Waals surface area contributed by atoms with Gasteiger partial charge in [-0.15, -0.1) is 45.3 Å². The van der Waals surface area contributed by atoms with Crippen LogP contribution in [0.1, 0.15) is 358 Å². The van der Waals surface area contributed by atoms with Gasteiger partial charge in [0.1, 0.15) is 0 Å². The maximum absolute atomic E-state index is 16.2. The number of carbonyl (C=O) groups is 2. The highest BCUT2D eigenvalue weighted by Crippen LogP contribution is 2.62. The van der Waals surface area contributed by atoms with E-state index in [1.54, 1.807) is 11.1 Å². The van der Waals surface area contributed by atoms with Gasteiger partial charge in [0.25, 0.3) is 11.8 Å². The average Bonchev–Trinajstić information content (AvgIpc) is 1.59. The van der Waals surface area contributed by atoms with Crippen LogP contribution >= 0.6 is 45.3 Å². The highest BCUT2D eigenvalue weighted by atomic mass is 32.1. The number of carbonyl (C=O) groups excluding carboxylic acids is 2. The molecule has 1 aliphatic carbocycles. The molecule has 0 saturated carbocycles. The second-order valence-electron chi connectivity index (χ2n) is 29.5. The molecule has 4 aromatic rings. The highest BCUT2D eigenvalue weighted by Gasteiger charge is 2.51. The minimum absolute atomic E-state index is 0.0316. The Morgan fingerprint density at radius 1 is 0.368 bits per heavy atom. The number of fused-ring (bicyclic) bond motifs is 4. The molecular formula is C79H124N2O2S4. The Bertz CT molecular complexity index is 2740. The first-order valence-electron chi connectivity index (χ1n) is 36.7. The molecule has 2 aliphatic heterocycles. The molecule has 7 rings (SSSR count). The Morgan fingerprint density at radius 3 is 1.13 bits per heavy atom. The topological polar surface area (TPSA) is 40.6 Å². The van der Waals surface area contributed by atoms with E-state index in [-0.39, 0.29) is 28.1 Å². The quantitative estimate of drug-likeness (QED) is 0.0414. The largest absolute Gasteiger partial charge is 0.306 e. The highest BCUT2D eigenvalue weighted by molar-refractivity contribution is 7.27. The summed E-state index contributed by atoms with van der Waals surface area (Å²) in [4.78, 5) is 47.5. The summed E-state index contributed by atoms with van der Waals surface area (Å²) in [5.74, 6) is 0.894. The Hall–Kier alpha value is -2.78. The third-order valence-corrected chi connectivity index (χ3v) is 25.6. The van der Waals surface area contributed by atoms with Crippen LogP contribution in [0.25, 0.3) is 30.9 Å². The van der Waals surface area contributed by atoms with E-state index in [0.717, 1.165) is 46.8 Å². The number of hydrogen-bond acceptors (Lipinski definition) is 6. The molecule has 0 aromatic carbocycles. The van der Waals surface area contributed by atoms with Crippen molar-refractivity contribution in [2.75, 3.05) is 13.1 Å².